The maximum Gasteiger partial charge on any atom is 0.163 e. The Balaban J connectivity index is 2.96. The number of rotatable bonds is 4. The van der Waals surface area contributed by atoms with E-state index in [-0.39, 0.29) is 5.75 Å². The van der Waals surface area contributed by atoms with Crippen LogP contribution in [0.5, 0.6) is 11.5 Å². The largest absolute Gasteiger partial charge is 0.504 e. The van der Waals surface area contributed by atoms with Crippen molar-refractivity contribution in [2.24, 2.45) is 0 Å². The first-order chi connectivity index (χ1) is 6.70. The summed E-state index contributed by atoms with van der Waals surface area (Å²) in [6, 6.07) is 5.04. The molecular weight excluding hydrogens is 182 g/mol. The van der Waals surface area contributed by atoms with Crippen molar-refractivity contribution in [3.8, 4) is 11.5 Å². The van der Waals surface area contributed by atoms with Crippen LogP contribution in [0.25, 0.3) is 0 Å². The van der Waals surface area contributed by atoms with Crippen LogP contribution >= 0.6 is 0 Å². The van der Waals surface area contributed by atoms with Crippen molar-refractivity contribution >= 4 is 0 Å². The van der Waals surface area contributed by atoms with E-state index < -0.39 is 6.10 Å². The minimum atomic E-state index is -0.727. The van der Waals surface area contributed by atoms with Crippen LogP contribution in [0.1, 0.15) is 11.7 Å². The Morgan fingerprint density at radius 2 is 2.21 bits per heavy atom. The molecule has 14 heavy (non-hydrogen) atoms. The zero-order valence-electron chi connectivity index (χ0n) is 8.32. The summed E-state index contributed by atoms with van der Waals surface area (Å²) in [5.41, 5.74) is 0.471. The topological polar surface area (TPSA) is 61.7 Å². The molecule has 78 valence electrons. The molecule has 0 heterocycles. The molecule has 4 nitrogen and oxygen atoms in total. The molecule has 0 fully saturated rings. The molecule has 0 saturated heterocycles. The molecule has 0 aliphatic rings. The number of ether oxygens (including phenoxy) is 1. The average Bonchev–Trinajstić information content (AvgIpc) is 2.18. The van der Waals surface area contributed by atoms with E-state index in [9.17, 15) is 10.2 Å². The maximum atomic E-state index is 9.67. The number of methoxy groups -OCH3 is 1. The van der Waals surface area contributed by atoms with Crippen LogP contribution in [0.3, 0.4) is 0 Å². The SMILES string of the molecule is CNCC(O)c1cccc(OC)c1O. The first-order valence-corrected chi connectivity index (χ1v) is 4.39. The van der Waals surface area contributed by atoms with E-state index in [0.29, 0.717) is 17.9 Å². The molecule has 0 amide bonds. The minimum Gasteiger partial charge on any atom is -0.504 e. The van der Waals surface area contributed by atoms with Gasteiger partial charge in [0, 0.05) is 12.1 Å². The molecule has 0 aliphatic carbocycles. The highest BCUT2D eigenvalue weighted by Gasteiger charge is 2.14. The number of likely N-dealkylation sites (N-methyl/N-ethyl adjacent to an activating group) is 1. The van der Waals surface area contributed by atoms with Crippen molar-refractivity contribution in [3.63, 3.8) is 0 Å². The normalized spacial score (nSPS) is 12.5. The quantitative estimate of drug-likeness (QED) is 0.663. The molecule has 1 unspecified atom stereocenters. The molecule has 0 saturated carbocycles. The number of phenolic OH excluding ortho intramolecular Hbond substituents is 1. The predicted octanol–water partition coefficient (Wildman–Crippen LogP) is 0.654. The number of aliphatic hydroxyl groups is 1. The third-order valence-corrected chi connectivity index (χ3v) is 2.01. The molecule has 0 bridgehead atoms. The van der Waals surface area contributed by atoms with Gasteiger partial charge in [-0.15, -0.1) is 0 Å². The van der Waals surface area contributed by atoms with Crippen molar-refractivity contribution in [1.82, 2.24) is 5.32 Å². The van der Waals surface area contributed by atoms with E-state index >= 15 is 0 Å². The number of aromatic hydroxyl groups is 1. The summed E-state index contributed by atoms with van der Waals surface area (Å²) >= 11 is 0. The lowest BCUT2D eigenvalue weighted by Crippen LogP contribution is -2.16. The van der Waals surface area contributed by atoms with Crippen molar-refractivity contribution in [1.29, 1.82) is 0 Å². The first kappa shape index (κ1) is 10.8. The van der Waals surface area contributed by atoms with Gasteiger partial charge in [-0.05, 0) is 13.1 Å². The Morgan fingerprint density at radius 1 is 1.50 bits per heavy atom. The summed E-state index contributed by atoms with van der Waals surface area (Å²) in [5.74, 6) is 0.371. The average molecular weight is 197 g/mol. The fourth-order valence-electron chi connectivity index (χ4n) is 1.28. The van der Waals surface area contributed by atoms with Crippen LogP contribution in [-0.4, -0.2) is 30.9 Å². The van der Waals surface area contributed by atoms with Crippen molar-refractivity contribution in [2.45, 2.75) is 6.10 Å². The van der Waals surface area contributed by atoms with E-state index in [1.54, 1.807) is 25.2 Å². The lowest BCUT2D eigenvalue weighted by molar-refractivity contribution is 0.173. The number of hydrogen-bond donors (Lipinski definition) is 3. The second-order valence-electron chi connectivity index (χ2n) is 2.97. The Bertz CT molecular complexity index is 301. The van der Waals surface area contributed by atoms with Gasteiger partial charge in [-0.1, -0.05) is 12.1 Å². The molecule has 1 rings (SSSR count). The van der Waals surface area contributed by atoms with Crippen LogP contribution < -0.4 is 10.1 Å². The number of nitrogens with one attached hydrogen (secondary N) is 1. The van der Waals surface area contributed by atoms with E-state index in [1.807, 2.05) is 0 Å². The fourth-order valence-corrected chi connectivity index (χ4v) is 1.28. The Morgan fingerprint density at radius 3 is 2.79 bits per heavy atom. The maximum absolute atomic E-state index is 9.67. The number of benzene rings is 1. The number of para-hydroxylation sites is 1. The van der Waals surface area contributed by atoms with Gasteiger partial charge >= 0.3 is 0 Å². The highest BCUT2D eigenvalue weighted by molar-refractivity contribution is 5.46. The van der Waals surface area contributed by atoms with Crippen LogP contribution in [0.4, 0.5) is 0 Å². The number of aliphatic hydroxyl groups excluding tert-OH is 1. The van der Waals surface area contributed by atoms with E-state index in [1.165, 1.54) is 7.11 Å². The van der Waals surface area contributed by atoms with Crippen molar-refractivity contribution in [2.75, 3.05) is 20.7 Å². The lowest BCUT2D eigenvalue weighted by Gasteiger charge is -2.13. The fraction of sp³-hybridized carbons (Fsp3) is 0.400. The zero-order valence-corrected chi connectivity index (χ0v) is 8.32. The summed E-state index contributed by atoms with van der Waals surface area (Å²) in [4.78, 5) is 0. The standard InChI is InChI=1S/C10H15NO3/c1-11-6-8(12)7-4-3-5-9(14-2)10(7)13/h3-5,8,11-13H,6H2,1-2H3. The van der Waals surface area contributed by atoms with Gasteiger partial charge < -0.3 is 20.3 Å². The number of hydrogen-bond acceptors (Lipinski definition) is 4. The third kappa shape index (κ3) is 2.16. The molecule has 3 N–H and O–H groups in total. The second-order valence-corrected chi connectivity index (χ2v) is 2.97. The lowest BCUT2D eigenvalue weighted by atomic mass is 10.1. The molecule has 0 aromatic heterocycles. The highest BCUT2D eigenvalue weighted by atomic mass is 16.5. The summed E-state index contributed by atoms with van der Waals surface area (Å²) in [6.45, 7) is 0.390. The molecule has 0 radical (unpaired) electrons. The van der Waals surface area contributed by atoms with E-state index in [4.69, 9.17) is 4.74 Å². The summed E-state index contributed by atoms with van der Waals surface area (Å²) in [7, 11) is 3.21. The third-order valence-electron chi connectivity index (χ3n) is 2.01. The van der Waals surface area contributed by atoms with Crippen LogP contribution in [0, 0.1) is 0 Å². The van der Waals surface area contributed by atoms with Gasteiger partial charge in [0.2, 0.25) is 0 Å². The molecular formula is C10H15NO3. The van der Waals surface area contributed by atoms with Gasteiger partial charge in [-0.2, -0.15) is 0 Å². The zero-order chi connectivity index (χ0) is 10.6. The molecule has 1 aromatic carbocycles. The molecule has 4 heteroatoms. The van der Waals surface area contributed by atoms with Crippen molar-refractivity contribution in [3.05, 3.63) is 23.8 Å². The Kier molecular flexibility index (Phi) is 3.73. The summed E-state index contributed by atoms with van der Waals surface area (Å²) < 4.78 is 4.93. The first-order valence-electron chi connectivity index (χ1n) is 4.39. The van der Waals surface area contributed by atoms with Crippen LogP contribution in [-0.2, 0) is 0 Å². The smallest absolute Gasteiger partial charge is 0.163 e. The van der Waals surface area contributed by atoms with Gasteiger partial charge in [-0.25, -0.2) is 0 Å². The summed E-state index contributed by atoms with van der Waals surface area (Å²) in [5, 5.41) is 22.1. The second kappa shape index (κ2) is 4.83. The monoisotopic (exact) mass is 197 g/mol. The Hall–Kier alpha value is -1.26. The minimum absolute atomic E-state index is 0.00208. The van der Waals surface area contributed by atoms with Gasteiger partial charge in [-0.3, -0.25) is 0 Å². The molecule has 0 spiro atoms. The number of phenols is 1. The van der Waals surface area contributed by atoms with Crippen LogP contribution in [0.15, 0.2) is 18.2 Å². The molecule has 1 atom stereocenters. The van der Waals surface area contributed by atoms with E-state index in [0.717, 1.165) is 0 Å². The van der Waals surface area contributed by atoms with Crippen LogP contribution in [0.2, 0.25) is 0 Å². The Labute approximate surface area is 83.1 Å². The highest BCUT2D eigenvalue weighted by Crippen LogP contribution is 2.32. The molecule has 1 aromatic rings. The van der Waals surface area contributed by atoms with Gasteiger partial charge in [0.05, 0.1) is 13.2 Å². The van der Waals surface area contributed by atoms with Gasteiger partial charge in [0.1, 0.15) is 0 Å². The van der Waals surface area contributed by atoms with Crippen molar-refractivity contribution < 1.29 is 14.9 Å². The van der Waals surface area contributed by atoms with Gasteiger partial charge in [0.25, 0.3) is 0 Å². The predicted molar refractivity (Wildman–Crippen MR) is 53.5 cm³/mol. The van der Waals surface area contributed by atoms with Gasteiger partial charge in [0.15, 0.2) is 11.5 Å². The summed E-state index contributed by atoms with van der Waals surface area (Å²) in [6.07, 6.45) is -0.727. The van der Waals surface area contributed by atoms with E-state index in [2.05, 4.69) is 5.32 Å². The molecule has 0 aliphatic heterocycles.